The van der Waals surface area contributed by atoms with Gasteiger partial charge in [0.05, 0.1) is 25.1 Å². The molecule has 0 atom stereocenters. The third kappa shape index (κ3) is 3.56. The van der Waals surface area contributed by atoms with Crippen LogP contribution in [0.5, 0.6) is 5.75 Å². The Hall–Kier alpha value is -2.66. The van der Waals surface area contributed by atoms with Gasteiger partial charge in [0.15, 0.2) is 0 Å². The molecule has 25 heavy (non-hydrogen) atoms. The van der Waals surface area contributed by atoms with Crippen LogP contribution in [-0.2, 0) is 0 Å². The van der Waals surface area contributed by atoms with Gasteiger partial charge in [-0.1, -0.05) is 23.7 Å². The van der Waals surface area contributed by atoms with Gasteiger partial charge in [-0.3, -0.25) is 4.99 Å². The van der Waals surface area contributed by atoms with Crippen molar-refractivity contribution in [3.05, 3.63) is 58.6 Å². The van der Waals surface area contributed by atoms with E-state index in [1.54, 1.807) is 7.11 Å². The van der Waals surface area contributed by atoms with Crippen LogP contribution < -0.4 is 9.64 Å². The highest BCUT2D eigenvalue weighted by molar-refractivity contribution is 6.30. The lowest BCUT2D eigenvalue weighted by Gasteiger charge is -2.24. The molecule has 128 valence electrons. The van der Waals surface area contributed by atoms with Gasteiger partial charge in [-0.15, -0.1) is 5.10 Å². The van der Waals surface area contributed by atoms with Crippen LogP contribution in [0.15, 0.2) is 57.7 Å². The Bertz CT molecular complexity index is 843. The van der Waals surface area contributed by atoms with Crippen molar-refractivity contribution < 1.29 is 4.74 Å². The Labute approximate surface area is 152 Å². The van der Waals surface area contributed by atoms with Crippen molar-refractivity contribution in [3.8, 4) is 5.75 Å². The van der Waals surface area contributed by atoms with Gasteiger partial charge in [0.25, 0.3) is 0 Å². The molecule has 0 unspecified atom stereocenters. The van der Waals surface area contributed by atoms with E-state index < -0.39 is 0 Å². The molecular formula is C19H19ClN4O. The molecule has 0 saturated carbocycles. The maximum atomic E-state index is 6.03. The van der Waals surface area contributed by atoms with Gasteiger partial charge < -0.3 is 9.64 Å². The summed E-state index contributed by atoms with van der Waals surface area (Å²) in [6, 6.07) is 13.7. The lowest BCUT2D eigenvalue weighted by Crippen LogP contribution is -2.31. The number of anilines is 1. The number of rotatable bonds is 3. The molecule has 3 rings (SSSR count). The number of fused-ring (bicyclic) bond motifs is 1. The first-order valence-corrected chi connectivity index (χ1v) is 8.28. The predicted octanol–water partition coefficient (Wildman–Crippen LogP) is 4.04. The van der Waals surface area contributed by atoms with E-state index in [4.69, 9.17) is 21.3 Å². The summed E-state index contributed by atoms with van der Waals surface area (Å²) in [7, 11) is 1.66. The van der Waals surface area contributed by atoms with Gasteiger partial charge in [0.1, 0.15) is 11.6 Å². The zero-order valence-electron chi connectivity index (χ0n) is 14.2. The molecule has 5 nitrogen and oxygen atoms in total. The number of methoxy groups -OCH3 is 1. The minimum absolute atomic E-state index is 0.638. The van der Waals surface area contributed by atoms with Crippen molar-refractivity contribution in [1.29, 1.82) is 0 Å². The monoisotopic (exact) mass is 354 g/mol. The number of halogens is 1. The molecule has 0 spiro atoms. The molecular weight excluding hydrogens is 336 g/mol. The number of hydrogen-bond donors (Lipinski definition) is 0. The summed E-state index contributed by atoms with van der Waals surface area (Å²) in [6.45, 7) is 6.71. The van der Waals surface area contributed by atoms with Crippen LogP contribution in [0.4, 0.5) is 5.69 Å². The van der Waals surface area contributed by atoms with Crippen LogP contribution >= 0.6 is 11.6 Å². The fourth-order valence-electron chi connectivity index (χ4n) is 2.88. The normalized spacial score (nSPS) is 14.4. The standard InChI is InChI=1S/C19H19ClN4O/c1-13(23-21-2)24-11-10-22-19(14-4-6-15(20)7-5-14)17-12-16(25-3)8-9-18(17)24/h4-9,12H,2,10-11H2,1,3H3/b23-13-. The van der Waals surface area contributed by atoms with Crippen LogP contribution in [0.2, 0.25) is 5.02 Å². The summed E-state index contributed by atoms with van der Waals surface area (Å²) >= 11 is 6.03. The largest absolute Gasteiger partial charge is 0.497 e. The fraction of sp³-hybridized carbons (Fsp3) is 0.211. The summed E-state index contributed by atoms with van der Waals surface area (Å²) in [4.78, 5) is 6.90. The fourth-order valence-corrected chi connectivity index (χ4v) is 3.01. The first-order chi connectivity index (χ1) is 12.1. The molecule has 0 saturated heterocycles. The second kappa shape index (κ2) is 7.49. The summed E-state index contributed by atoms with van der Waals surface area (Å²) in [6.07, 6.45) is 0. The predicted molar refractivity (Wildman–Crippen MR) is 105 cm³/mol. The molecule has 0 N–H and O–H groups in total. The Kier molecular flexibility index (Phi) is 5.14. The first-order valence-electron chi connectivity index (χ1n) is 7.90. The van der Waals surface area contributed by atoms with Gasteiger partial charge in [-0.2, -0.15) is 5.10 Å². The molecule has 0 aromatic heterocycles. The smallest absolute Gasteiger partial charge is 0.128 e. The maximum Gasteiger partial charge on any atom is 0.128 e. The van der Waals surface area contributed by atoms with E-state index in [1.807, 2.05) is 49.4 Å². The number of nitrogens with zero attached hydrogens (tertiary/aromatic N) is 4. The van der Waals surface area contributed by atoms with Crippen molar-refractivity contribution in [3.63, 3.8) is 0 Å². The van der Waals surface area contributed by atoms with E-state index in [0.29, 0.717) is 18.1 Å². The Balaban J connectivity index is 2.16. The average molecular weight is 355 g/mol. The van der Waals surface area contributed by atoms with Crippen LogP contribution in [-0.4, -0.2) is 38.5 Å². The number of benzene rings is 2. The molecule has 2 aromatic carbocycles. The van der Waals surface area contributed by atoms with Gasteiger partial charge in [-0.05, 0) is 37.3 Å². The highest BCUT2D eigenvalue weighted by Gasteiger charge is 2.22. The number of benzodiazepines with no additional fused rings is 1. The molecule has 0 radical (unpaired) electrons. The number of hydrogen-bond acceptors (Lipinski definition) is 4. The average Bonchev–Trinajstić information content (AvgIpc) is 2.81. The van der Waals surface area contributed by atoms with Gasteiger partial charge in [0.2, 0.25) is 0 Å². The van der Waals surface area contributed by atoms with Crippen molar-refractivity contribution in [2.75, 3.05) is 25.1 Å². The molecule has 0 fully saturated rings. The van der Waals surface area contributed by atoms with E-state index in [0.717, 1.165) is 34.1 Å². The minimum Gasteiger partial charge on any atom is -0.497 e. The van der Waals surface area contributed by atoms with Crippen molar-refractivity contribution in [2.45, 2.75) is 6.92 Å². The molecule has 0 bridgehead atoms. The zero-order chi connectivity index (χ0) is 17.8. The molecule has 1 aliphatic rings. The summed E-state index contributed by atoms with van der Waals surface area (Å²) in [5.41, 5.74) is 3.92. The lowest BCUT2D eigenvalue weighted by molar-refractivity contribution is 0.415. The summed E-state index contributed by atoms with van der Waals surface area (Å²) in [5.74, 6) is 1.55. The maximum absolute atomic E-state index is 6.03. The highest BCUT2D eigenvalue weighted by atomic mass is 35.5. The molecule has 2 aromatic rings. The van der Waals surface area contributed by atoms with Gasteiger partial charge in [-0.25, -0.2) is 0 Å². The molecule has 1 heterocycles. The van der Waals surface area contributed by atoms with Crippen molar-refractivity contribution >= 4 is 35.6 Å². The van der Waals surface area contributed by atoms with Crippen LogP contribution in [0, 0.1) is 0 Å². The van der Waals surface area contributed by atoms with Crippen molar-refractivity contribution in [2.24, 2.45) is 15.2 Å². The summed E-state index contributed by atoms with van der Waals surface area (Å²) < 4.78 is 5.41. The zero-order valence-corrected chi connectivity index (χ0v) is 15.0. The van der Waals surface area contributed by atoms with Gasteiger partial charge in [0, 0.05) is 29.4 Å². The van der Waals surface area contributed by atoms with E-state index in [2.05, 4.69) is 21.8 Å². The Morgan fingerprint density at radius 2 is 2.00 bits per heavy atom. The van der Waals surface area contributed by atoms with E-state index in [-0.39, 0.29) is 0 Å². The topological polar surface area (TPSA) is 49.5 Å². The van der Waals surface area contributed by atoms with Crippen LogP contribution in [0.1, 0.15) is 18.1 Å². The molecule has 6 heteroatoms. The quantitative estimate of drug-likeness (QED) is 0.474. The highest BCUT2D eigenvalue weighted by Crippen LogP contribution is 2.30. The Morgan fingerprint density at radius 1 is 1.24 bits per heavy atom. The molecule has 0 aliphatic carbocycles. The third-order valence-corrected chi connectivity index (χ3v) is 4.32. The number of amidine groups is 1. The van der Waals surface area contributed by atoms with Crippen molar-refractivity contribution in [1.82, 2.24) is 0 Å². The van der Waals surface area contributed by atoms with Crippen LogP contribution in [0.3, 0.4) is 0 Å². The number of aliphatic imine (C=N–C) groups is 1. The number of ether oxygens (including phenoxy) is 1. The summed E-state index contributed by atoms with van der Waals surface area (Å²) in [5, 5.41) is 8.45. The SMILES string of the molecule is C=N/N=C(/C)N1CCN=C(c2ccc(Cl)cc2)c2cc(OC)ccc21. The van der Waals surface area contributed by atoms with Gasteiger partial charge >= 0.3 is 0 Å². The Morgan fingerprint density at radius 3 is 2.68 bits per heavy atom. The van der Waals surface area contributed by atoms with Crippen LogP contribution in [0.25, 0.3) is 0 Å². The second-order valence-corrected chi connectivity index (χ2v) is 6.00. The van der Waals surface area contributed by atoms with E-state index in [9.17, 15) is 0 Å². The molecule has 1 aliphatic heterocycles. The van der Waals surface area contributed by atoms with E-state index >= 15 is 0 Å². The first kappa shape index (κ1) is 17.2. The second-order valence-electron chi connectivity index (χ2n) is 5.56. The lowest BCUT2D eigenvalue weighted by atomic mass is 10.00. The molecule has 0 amide bonds. The minimum atomic E-state index is 0.638. The third-order valence-electron chi connectivity index (χ3n) is 4.07. The van der Waals surface area contributed by atoms with E-state index in [1.165, 1.54) is 0 Å².